The van der Waals surface area contributed by atoms with E-state index in [2.05, 4.69) is 4.90 Å². The van der Waals surface area contributed by atoms with Gasteiger partial charge in [-0.15, -0.1) is 0 Å². The first-order chi connectivity index (χ1) is 9.40. The van der Waals surface area contributed by atoms with Crippen molar-refractivity contribution in [1.82, 2.24) is 9.80 Å². The molecule has 2 saturated heterocycles. The molecule has 6 nitrogen and oxygen atoms in total. The summed E-state index contributed by atoms with van der Waals surface area (Å²) in [7, 11) is -3.25. The molecule has 0 radical (unpaired) electrons. The van der Waals surface area contributed by atoms with Crippen LogP contribution in [0.5, 0.6) is 0 Å². The first kappa shape index (κ1) is 15.7. The number of piperazine rings is 1. The van der Waals surface area contributed by atoms with E-state index in [9.17, 15) is 13.2 Å². The molecule has 0 bridgehead atoms. The van der Waals surface area contributed by atoms with Crippen molar-refractivity contribution >= 4 is 33.0 Å². The van der Waals surface area contributed by atoms with E-state index in [0.717, 1.165) is 6.42 Å². The lowest BCUT2D eigenvalue weighted by molar-refractivity contribution is -0.132. The van der Waals surface area contributed by atoms with Crippen molar-refractivity contribution in [2.24, 2.45) is 5.73 Å². The lowest BCUT2D eigenvalue weighted by Gasteiger charge is -2.36. The largest absolute Gasteiger partial charge is 0.392 e. The molecule has 2 N–H and O–H groups in total. The Hall–Kier alpha value is -0.730. The molecule has 2 fully saturated rings. The zero-order chi connectivity index (χ0) is 14.8. The first-order valence-corrected chi connectivity index (χ1v) is 9.03. The zero-order valence-corrected chi connectivity index (χ0v) is 13.1. The number of hydrogen-bond donors (Lipinski definition) is 1. The normalized spacial score (nSPS) is 27.2. The van der Waals surface area contributed by atoms with Gasteiger partial charge in [0.1, 0.15) is 5.25 Å². The van der Waals surface area contributed by atoms with Gasteiger partial charge < -0.3 is 10.6 Å². The summed E-state index contributed by atoms with van der Waals surface area (Å²) in [5.41, 5.74) is 5.50. The summed E-state index contributed by atoms with van der Waals surface area (Å²) in [5, 5.41) is -0.821. The molecule has 20 heavy (non-hydrogen) atoms. The van der Waals surface area contributed by atoms with E-state index in [1.165, 1.54) is 0 Å². The van der Waals surface area contributed by atoms with Gasteiger partial charge in [-0.05, 0) is 12.8 Å². The number of amides is 1. The lowest BCUT2D eigenvalue weighted by Crippen LogP contribution is -2.54. The minimum absolute atomic E-state index is 0.144. The summed E-state index contributed by atoms with van der Waals surface area (Å²) in [6.45, 7) is 3.03. The molecule has 1 unspecified atom stereocenters. The fraction of sp³-hybridized carbons (Fsp3) is 0.833. The maximum atomic E-state index is 12.4. The van der Waals surface area contributed by atoms with Gasteiger partial charge in [0.15, 0.2) is 9.84 Å². The average Bonchev–Trinajstić information content (AvgIpc) is 2.37. The Labute approximate surface area is 125 Å². The van der Waals surface area contributed by atoms with Crippen molar-refractivity contribution in [1.29, 1.82) is 0 Å². The summed E-state index contributed by atoms with van der Waals surface area (Å²) in [4.78, 5) is 16.6. The summed E-state index contributed by atoms with van der Waals surface area (Å²) in [5.74, 6) is -0.0789. The highest BCUT2D eigenvalue weighted by Gasteiger charge is 2.38. The van der Waals surface area contributed by atoms with Crippen LogP contribution in [0.15, 0.2) is 0 Å². The van der Waals surface area contributed by atoms with E-state index < -0.39 is 15.1 Å². The van der Waals surface area contributed by atoms with Crippen molar-refractivity contribution in [2.45, 2.75) is 24.5 Å². The molecule has 8 heteroatoms. The van der Waals surface area contributed by atoms with Gasteiger partial charge in [0, 0.05) is 32.7 Å². The van der Waals surface area contributed by atoms with Crippen LogP contribution in [0.1, 0.15) is 19.3 Å². The number of sulfone groups is 1. The molecule has 0 spiro atoms. The maximum Gasteiger partial charge on any atom is 0.240 e. The van der Waals surface area contributed by atoms with Crippen molar-refractivity contribution < 1.29 is 13.2 Å². The number of hydrogen-bond acceptors (Lipinski definition) is 5. The molecule has 1 atom stereocenters. The van der Waals surface area contributed by atoms with Crippen molar-refractivity contribution in [3.63, 3.8) is 0 Å². The van der Waals surface area contributed by atoms with Gasteiger partial charge in [-0.1, -0.05) is 18.6 Å². The number of carbonyl (C=O) groups excluding carboxylic acids is 1. The van der Waals surface area contributed by atoms with Gasteiger partial charge in [0.05, 0.1) is 10.7 Å². The van der Waals surface area contributed by atoms with E-state index in [4.69, 9.17) is 18.0 Å². The van der Waals surface area contributed by atoms with Gasteiger partial charge >= 0.3 is 0 Å². The Balaban J connectivity index is 1.93. The Bertz CT molecular complexity index is 484. The van der Waals surface area contributed by atoms with E-state index in [1.807, 2.05) is 0 Å². The van der Waals surface area contributed by atoms with Crippen LogP contribution in [-0.4, -0.2) is 72.8 Å². The second kappa shape index (κ2) is 6.36. The summed E-state index contributed by atoms with van der Waals surface area (Å²) < 4.78 is 24.0. The Morgan fingerprint density at radius 1 is 1.20 bits per heavy atom. The van der Waals surface area contributed by atoms with Crippen LogP contribution in [0.2, 0.25) is 0 Å². The molecule has 0 saturated carbocycles. The summed E-state index contributed by atoms with van der Waals surface area (Å²) in [6, 6.07) is 0. The van der Waals surface area contributed by atoms with Crippen LogP contribution in [0.3, 0.4) is 0 Å². The second-order valence-electron chi connectivity index (χ2n) is 5.42. The van der Waals surface area contributed by atoms with Gasteiger partial charge in [0.2, 0.25) is 5.91 Å². The van der Waals surface area contributed by atoms with Crippen molar-refractivity contribution in [2.75, 3.05) is 38.5 Å². The van der Waals surface area contributed by atoms with Crippen LogP contribution in [0, 0.1) is 0 Å². The fourth-order valence-electron chi connectivity index (χ4n) is 2.78. The Kier molecular flexibility index (Phi) is 4.98. The van der Waals surface area contributed by atoms with Gasteiger partial charge in [0.25, 0.3) is 0 Å². The summed E-state index contributed by atoms with van der Waals surface area (Å²) in [6.07, 6.45) is 1.96. The van der Waals surface area contributed by atoms with E-state index >= 15 is 0 Å². The van der Waals surface area contributed by atoms with Crippen LogP contribution in [0.4, 0.5) is 0 Å². The molecular formula is C12H21N3O3S2. The molecule has 2 heterocycles. The number of nitrogens with two attached hydrogens (primary N) is 1. The van der Waals surface area contributed by atoms with Gasteiger partial charge in [-0.25, -0.2) is 8.42 Å². The topological polar surface area (TPSA) is 83.7 Å². The molecule has 1 amide bonds. The van der Waals surface area contributed by atoms with Crippen LogP contribution in [-0.2, 0) is 14.6 Å². The highest BCUT2D eigenvalue weighted by molar-refractivity contribution is 7.92. The Morgan fingerprint density at radius 3 is 2.40 bits per heavy atom. The predicted molar refractivity (Wildman–Crippen MR) is 81.2 cm³/mol. The van der Waals surface area contributed by atoms with Gasteiger partial charge in [-0.3, -0.25) is 9.69 Å². The molecule has 114 valence electrons. The fourth-order valence-corrected chi connectivity index (χ4v) is 4.84. The second-order valence-corrected chi connectivity index (χ2v) is 8.25. The molecule has 2 aliphatic rings. The SMILES string of the molecule is NC(=S)CN1CCN(C(=O)C2CCCCS2(=O)=O)CC1. The maximum absolute atomic E-state index is 12.4. The molecule has 0 aromatic rings. The number of rotatable bonds is 3. The predicted octanol–water partition coefficient (Wildman–Crippen LogP) is -0.616. The number of thiocarbonyl (C=S) groups is 1. The molecule has 0 aromatic carbocycles. The number of carbonyl (C=O) groups is 1. The van der Waals surface area contributed by atoms with Crippen LogP contribution < -0.4 is 5.73 Å². The standard InChI is InChI=1S/C12H21N3O3S2/c13-11(19)9-14-4-6-15(7-5-14)12(16)10-3-1-2-8-20(10,17)18/h10H,1-9H2,(H2,13,19). The molecule has 2 aliphatic heterocycles. The smallest absolute Gasteiger partial charge is 0.240 e. The Morgan fingerprint density at radius 2 is 1.85 bits per heavy atom. The third-order valence-corrected chi connectivity index (χ3v) is 6.21. The van der Waals surface area contributed by atoms with E-state index in [0.29, 0.717) is 50.6 Å². The van der Waals surface area contributed by atoms with Gasteiger partial charge in [-0.2, -0.15) is 0 Å². The highest BCUT2D eigenvalue weighted by atomic mass is 32.2. The third kappa shape index (κ3) is 3.67. The monoisotopic (exact) mass is 319 g/mol. The summed E-state index contributed by atoms with van der Waals surface area (Å²) >= 11 is 4.87. The molecule has 0 aliphatic carbocycles. The molecule has 0 aromatic heterocycles. The van der Waals surface area contributed by atoms with Crippen LogP contribution in [0.25, 0.3) is 0 Å². The van der Waals surface area contributed by atoms with E-state index in [1.54, 1.807) is 4.90 Å². The van der Waals surface area contributed by atoms with Crippen molar-refractivity contribution in [3.05, 3.63) is 0 Å². The lowest BCUT2D eigenvalue weighted by atomic mass is 10.1. The van der Waals surface area contributed by atoms with E-state index in [-0.39, 0.29) is 11.7 Å². The average molecular weight is 319 g/mol. The minimum Gasteiger partial charge on any atom is -0.392 e. The molecule has 2 rings (SSSR count). The highest BCUT2D eigenvalue weighted by Crippen LogP contribution is 2.22. The van der Waals surface area contributed by atoms with Crippen LogP contribution >= 0.6 is 12.2 Å². The molecular weight excluding hydrogens is 298 g/mol. The number of nitrogens with zero attached hydrogens (tertiary/aromatic N) is 2. The quantitative estimate of drug-likeness (QED) is 0.698. The third-order valence-electron chi connectivity index (χ3n) is 3.92. The van der Waals surface area contributed by atoms with Crippen molar-refractivity contribution in [3.8, 4) is 0 Å². The first-order valence-electron chi connectivity index (χ1n) is 6.91. The minimum atomic E-state index is -3.25. The zero-order valence-electron chi connectivity index (χ0n) is 11.5.